The highest BCUT2D eigenvalue weighted by Gasteiger charge is 2.14. The maximum atomic E-state index is 5.35. The molecule has 0 aromatic carbocycles. The molecule has 0 aromatic rings. The van der Waals surface area contributed by atoms with Crippen molar-refractivity contribution in [1.29, 1.82) is 0 Å². The molecule has 1 aliphatic rings. The molecular formula is C12H23NO. The summed E-state index contributed by atoms with van der Waals surface area (Å²) >= 11 is 0. The number of rotatable bonds is 5. The Morgan fingerprint density at radius 1 is 1.64 bits per heavy atom. The van der Waals surface area contributed by atoms with Crippen molar-refractivity contribution >= 4 is 0 Å². The van der Waals surface area contributed by atoms with Crippen molar-refractivity contribution in [2.75, 3.05) is 19.8 Å². The second kappa shape index (κ2) is 6.20. The Kier molecular flexibility index (Phi) is 5.20. The van der Waals surface area contributed by atoms with Crippen molar-refractivity contribution in [3.8, 4) is 0 Å². The Labute approximate surface area is 87.7 Å². The van der Waals surface area contributed by atoms with Gasteiger partial charge in [-0.05, 0) is 33.2 Å². The van der Waals surface area contributed by atoms with E-state index in [1.807, 2.05) is 0 Å². The average molecular weight is 197 g/mol. The van der Waals surface area contributed by atoms with E-state index in [2.05, 4.69) is 32.2 Å². The normalized spacial score (nSPS) is 25.4. The molecule has 1 saturated heterocycles. The van der Waals surface area contributed by atoms with E-state index in [9.17, 15) is 0 Å². The van der Waals surface area contributed by atoms with E-state index in [-0.39, 0.29) is 0 Å². The van der Waals surface area contributed by atoms with Crippen LogP contribution in [0.2, 0.25) is 0 Å². The summed E-state index contributed by atoms with van der Waals surface area (Å²) in [7, 11) is 0. The van der Waals surface area contributed by atoms with Gasteiger partial charge in [-0.25, -0.2) is 0 Å². The zero-order valence-electron chi connectivity index (χ0n) is 9.68. The molecule has 2 heteroatoms. The fourth-order valence-electron chi connectivity index (χ4n) is 1.72. The predicted molar refractivity (Wildman–Crippen MR) is 60.4 cm³/mol. The molecule has 14 heavy (non-hydrogen) atoms. The third-order valence-electron chi connectivity index (χ3n) is 2.85. The van der Waals surface area contributed by atoms with E-state index in [4.69, 9.17) is 4.74 Å². The van der Waals surface area contributed by atoms with Crippen molar-refractivity contribution in [2.24, 2.45) is 5.92 Å². The first kappa shape index (κ1) is 11.7. The topological polar surface area (TPSA) is 21.3 Å². The maximum absolute atomic E-state index is 5.35. The SMILES string of the molecule is CCCNC(C)C(C)=CC1CCOC1. The van der Waals surface area contributed by atoms with E-state index < -0.39 is 0 Å². The summed E-state index contributed by atoms with van der Waals surface area (Å²) in [6.45, 7) is 9.60. The molecule has 2 unspecified atom stereocenters. The molecule has 1 aliphatic heterocycles. The van der Waals surface area contributed by atoms with Gasteiger partial charge in [0.05, 0.1) is 6.61 Å². The first-order valence-corrected chi connectivity index (χ1v) is 5.73. The van der Waals surface area contributed by atoms with Crippen molar-refractivity contribution in [3.63, 3.8) is 0 Å². The molecule has 0 aromatic heterocycles. The molecule has 82 valence electrons. The molecule has 1 N–H and O–H groups in total. The van der Waals surface area contributed by atoms with Gasteiger partial charge in [0.25, 0.3) is 0 Å². The fraction of sp³-hybridized carbons (Fsp3) is 0.833. The molecule has 0 radical (unpaired) electrons. The van der Waals surface area contributed by atoms with E-state index in [0.717, 1.165) is 19.8 Å². The molecule has 0 bridgehead atoms. The Morgan fingerprint density at radius 3 is 3.00 bits per heavy atom. The number of hydrogen-bond donors (Lipinski definition) is 1. The number of ether oxygens (including phenoxy) is 1. The summed E-state index contributed by atoms with van der Waals surface area (Å²) < 4.78 is 5.35. The quantitative estimate of drug-likeness (QED) is 0.683. The van der Waals surface area contributed by atoms with Crippen LogP contribution in [0.4, 0.5) is 0 Å². The minimum atomic E-state index is 0.510. The van der Waals surface area contributed by atoms with Crippen LogP contribution in [0.3, 0.4) is 0 Å². The second-order valence-corrected chi connectivity index (χ2v) is 4.21. The molecular weight excluding hydrogens is 174 g/mol. The average Bonchev–Trinajstić information content (AvgIpc) is 2.66. The van der Waals surface area contributed by atoms with Crippen molar-refractivity contribution in [2.45, 2.75) is 39.7 Å². The lowest BCUT2D eigenvalue weighted by Crippen LogP contribution is -2.28. The lowest BCUT2D eigenvalue weighted by Gasteiger charge is -2.15. The van der Waals surface area contributed by atoms with Gasteiger partial charge in [0.2, 0.25) is 0 Å². The first-order chi connectivity index (χ1) is 6.74. The Bertz CT molecular complexity index is 183. The molecule has 2 nitrogen and oxygen atoms in total. The van der Waals surface area contributed by atoms with Gasteiger partial charge in [-0.2, -0.15) is 0 Å². The summed E-state index contributed by atoms with van der Waals surface area (Å²) in [5.41, 5.74) is 1.45. The number of hydrogen-bond acceptors (Lipinski definition) is 2. The highest BCUT2D eigenvalue weighted by molar-refractivity contribution is 5.08. The molecule has 1 heterocycles. The van der Waals surface area contributed by atoms with Gasteiger partial charge < -0.3 is 10.1 Å². The summed E-state index contributed by atoms with van der Waals surface area (Å²) in [6, 6.07) is 0.510. The summed E-state index contributed by atoms with van der Waals surface area (Å²) in [5, 5.41) is 3.50. The maximum Gasteiger partial charge on any atom is 0.0529 e. The van der Waals surface area contributed by atoms with Crippen LogP contribution >= 0.6 is 0 Å². The highest BCUT2D eigenvalue weighted by Crippen LogP contribution is 2.16. The third-order valence-corrected chi connectivity index (χ3v) is 2.85. The monoisotopic (exact) mass is 197 g/mol. The van der Waals surface area contributed by atoms with Gasteiger partial charge in [-0.3, -0.25) is 0 Å². The zero-order valence-corrected chi connectivity index (χ0v) is 9.68. The van der Waals surface area contributed by atoms with Crippen LogP contribution in [0.15, 0.2) is 11.6 Å². The van der Waals surface area contributed by atoms with E-state index in [1.54, 1.807) is 0 Å². The van der Waals surface area contributed by atoms with Crippen LogP contribution in [-0.2, 0) is 4.74 Å². The molecule has 0 spiro atoms. The number of nitrogens with one attached hydrogen (secondary N) is 1. The standard InChI is InChI=1S/C12H23NO/c1-4-6-13-11(3)10(2)8-12-5-7-14-9-12/h8,11-13H,4-7,9H2,1-3H3. The van der Waals surface area contributed by atoms with Crippen molar-refractivity contribution in [3.05, 3.63) is 11.6 Å². The first-order valence-electron chi connectivity index (χ1n) is 5.73. The van der Waals surface area contributed by atoms with Gasteiger partial charge in [0.15, 0.2) is 0 Å². The van der Waals surface area contributed by atoms with E-state index in [1.165, 1.54) is 18.4 Å². The van der Waals surface area contributed by atoms with Crippen molar-refractivity contribution < 1.29 is 4.74 Å². The zero-order chi connectivity index (χ0) is 10.4. The van der Waals surface area contributed by atoms with Gasteiger partial charge in [-0.1, -0.05) is 18.6 Å². The van der Waals surface area contributed by atoms with E-state index >= 15 is 0 Å². The van der Waals surface area contributed by atoms with Gasteiger partial charge in [-0.15, -0.1) is 0 Å². The van der Waals surface area contributed by atoms with Crippen LogP contribution in [-0.4, -0.2) is 25.8 Å². The Balaban J connectivity index is 2.33. The predicted octanol–water partition coefficient (Wildman–Crippen LogP) is 2.36. The molecule has 1 fully saturated rings. The summed E-state index contributed by atoms with van der Waals surface area (Å²) in [5.74, 6) is 0.654. The smallest absolute Gasteiger partial charge is 0.0529 e. The van der Waals surface area contributed by atoms with Crippen LogP contribution in [0, 0.1) is 5.92 Å². The van der Waals surface area contributed by atoms with Crippen LogP contribution < -0.4 is 5.32 Å². The Morgan fingerprint density at radius 2 is 2.43 bits per heavy atom. The van der Waals surface area contributed by atoms with Gasteiger partial charge >= 0.3 is 0 Å². The van der Waals surface area contributed by atoms with Crippen LogP contribution in [0.5, 0.6) is 0 Å². The molecule has 0 amide bonds. The Hall–Kier alpha value is -0.340. The minimum Gasteiger partial charge on any atom is -0.381 e. The summed E-state index contributed by atoms with van der Waals surface area (Å²) in [6.07, 6.45) is 4.77. The minimum absolute atomic E-state index is 0.510. The largest absolute Gasteiger partial charge is 0.381 e. The van der Waals surface area contributed by atoms with Crippen LogP contribution in [0.25, 0.3) is 0 Å². The van der Waals surface area contributed by atoms with Crippen LogP contribution in [0.1, 0.15) is 33.6 Å². The molecule has 0 aliphatic carbocycles. The lowest BCUT2D eigenvalue weighted by atomic mass is 10.0. The molecule has 1 rings (SSSR count). The fourth-order valence-corrected chi connectivity index (χ4v) is 1.72. The molecule has 2 atom stereocenters. The molecule has 0 saturated carbocycles. The highest BCUT2D eigenvalue weighted by atomic mass is 16.5. The van der Waals surface area contributed by atoms with Crippen molar-refractivity contribution in [1.82, 2.24) is 5.32 Å². The second-order valence-electron chi connectivity index (χ2n) is 4.21. The third kappa shape index (κ3) is 3.81. The van der Waals surface area contributed by atoms with Gasteiger partial charge in [0, 0.05) is 18.6 Å². The summed E-state index contributed by atoms with van der Waals surface area (Å²) in [4.78, 5) is 0. The lowest BCUT2D eigenvalue weighted by molar-refractivity contribution is 0.191. The van der Waals surface area contributed by atoms with E-state index in [0.29, 0.717) is 12.0 Å². The van der Waals surface area contributed by atoms with Gasteiger partial charge in [0.1, 0.15) is 0 Å².